The highest BCUT2D eigenvalue weighted by Gasteiger charge is 2.18. The summed E-state index contributed by atoms with van der Waals surface area (Å²) in [5, 5.41) is 3.08. The number of amides is 1. The van der Waals surface area contributed by atoms with Crippen molar-refractivity contribution in [1.29, 1.82) is 0 Å². The molecule has 0 spiro atoms. The fraction of sp³-hybridized carbons (Fsp3) is 0.923. The van der Waals surface area contributed by atoms with E-state index in [1.165, 1.54) is 0 Å². The third kappa shape index (κ3) is 8.72. The Morgan fingerprint density at radius 3 is 2.38 bits per heavy atom. The topological polar surface area (TPSA) is 55.1 Å². The Morgan fingerprint density at radius 1 is 1.19 bits per heavy atom. The van der Waals surface area contributed by atoms with Crippen molar-refractivity contribution in [3.05, 3.63) is 0 Å². The quantitative estimate of drug-likeness (QED) is 0.596. The monoisotopic (exact) mass is 228 g/mol. The third-order valence-corrected chi connectivity index (χ3v) is 2.71. The van der Waals surface area contributed by atoms with Gasteiger partial charge in [0.2, 0.25) is 5.91 Å². The molecule has 0 rings (SSSR count). The number of nitrogens with two attached hydrogens (primary N) is 1. The van der Waals surface area contributed by atoms with E-state index in [4.69, 9.17) is 5.73 Å². The Labute approximate surface area is 100 Å². The molecule has 0 aliphatic carbocycles. The molecule has 16 heavy (non-hydrogen) atoms. The zero-order chi connectivity index (χ0) is 12.4. The second-order valence-electron chi connectivity index (χ2n) is 5.13. The molecule has 3 heteroatoms. The highest BCUT2D eigenvalue weighted by Crippen LogP contribution is 2.11. The first-order chi connectivity index (χ1) is 7.52. The summed E-state index contributed by atoms with van der Waals surface area (Å²) < 4.78 is 0. The number of hydrogen-bond acceptors (Lipinski definition) is 2. The predicted octanol–water partition coefficient (Wildman–Crippen LogP) is 2.59. The summed E-state index contributed by atoms with van der Waals surface area (Å²) in [6, 6.07) is 0. The summed E-state index contributed by atoms with van der Waals surface area (Å²) in [6.45, 7) is 7.07. The zero-order valence-electron chi connectivity index (χ0n) is 11.1. The van der Waals surface area contributed by atoms with Crippen molar-refractivity contribution in [1.82, 2.24) is 5.32 Å². The van der Waals surface area contributed by atoms with Crippen LogP contribution in [0.2, 0.25) is 0 Å². The molecule has 0 saturated carbocycles. The maximum Gasteiger partial charge on any atom is 0.220 e. The normalized spacial score (nSPS) is 11.5. The van der Waals surface area contributed by atoms with Crippen molar-refractivity contribution in [2.45, 2.75) is 71.3 Å². The molecule has 0 fully saturated rings. The predicted molar refractivity (Wildman–Crippen MR) is 69.3 cm³/mol. The number of nitrogens with one attached hydrogen (secondary N) is 1. The lowest BCUT2D eigenvalue weighted by atomic mass is 9.98. The Balaban J connectivity index is 3.58. The standard InChI is InChI=1S/C13H28N2O/c1-4-10-13(2,3)15-12(16)9-7-5-6-8-11-14/h4-11,14H2,1-3H3,(H,15,16). The summed E-state index contributed by atoms with van der Waals surface area (Å²) in [7, 11) is 0. The van der Waals surface area contributed by atoms with Crippen LogP contribution in [0.15, 0.2) is 0 Å². The smallest absolute Gasteiger partial charge is 0.220 e. The second-order valence-corrected chi connectivity index (χ2v) is 5.13. The molecule has 0 atom stereocenters. The molecule has 0 aliphatic rings. The fourth-order valence-electron chi connectivity index (χ4n) is 1.91. The van der Waals surface area contributed by atoms with E-state index < -0.39 is 0 Å². The molecule has 0 heterocycles. The van der Waals surface area contributed by atoms with Gasteiger partial charge in [-0.05, 0) is 39.7 Å². The van der Waals surface area contributed by atoms with Crippen LogP contribution in [0.4, 0.5) is 0 Å². The van der Waals surface area contributed by atoms with E-state index in [1.807, 2.05) is 0 Å². The van der Waals surface area contributed by atoms with Gasteiger partial charge in [-0.25, -0.2) is 0 Å². The van der Waals surface area contributed by atoms with Gasteiger partial charge in [-0.3, -0.25) is 4.79 Å². The Morgan fingerprint density at radius 2 is 1.81 bits per heavy atom. The number of carbonyl (C=O) groups is 1. The van der Waals surface area contributed by atoms with E-state index in [0.29, 0.717) is 6.42 Å². The molecule has 0 aromatic rings. The van der Waals surface area contributed by atoms with Gasteiger partial charge in [0, 0.05) is 12.0 Å². The molecule has 3 nitrogen and oxygen atoms in total. The van der Waals surface area contributed by atoms with Crippen LogP contribution < -0.4 is 11.1 Å². The summed E-state index contributed by atoms with van der Waals surface area (Å²) in [5.41, 5.74) is 5.36. The molecule has 3 N–H and O–H groups in total. The number of unbranched alkanes of at least 4 members (excludes halogenated alkanes) is 3. The van der Waals surface area contributed by atoms with E-state index >= 15 is 0 Å². The molecule has 0 aliphatic heterocycles. The van der Waals surface area contributed by atoms with Crippen LogP contribution in [0.5, 0.6) is 0 Å². The fourth-order valence-corrected chi connectivity index (χ4v) is 1.91. The SMILES string of the molecule is CCCC(C)(C)NC(=O)CCCCCCN. The average molecular weight is 228 g/mol. The molecule has 0 saturated heterocycles. The van der Waals surface area contributed by atoms with Gasteiger partial charge in [-0.2, -0.15) is 0 Å². The van der Waals surface area contributed by atoms with Gasteiger partial charge in [0.15, 0.2) is 0 Å². The summed E-state index contributed by atoms with van der Waals surface area (Å²) in [4.78, 5) is 11.6. The van der Waals surface area contributed by atoms with Crippen molar-refractivity contribution in [3.63, 3.8) is 0 Å². The molecule has 0 aromatic heterocycles. The van der Waals surface area contributed by atoms with E-state index in [2.05, 4.69) is 26.1 Å². The van der Waals surface area contributed by atoms with E-state index in [9.17, 15) is 4.79 Å². The first-order valence-electron chi connectivity index (χ1n) is 6.53. The lowest BCUT2D eigenvalue weighted by Crippen LogP contribution is -2.43. The second kappa shape index (κ2) is 8.57. The van der Waals surface area contributed by atoms with Gasteiger partial charge in [-0.1, -0.05) is 26.2 Å². The van der Waals surface area contributed by atoms with Crippen LogP contribution in [0.3, 0.4) is 0 Å². The number of hydrogen-bond donors (Lipinski definition) is 2. The van der Waals surface area contributed by atoms with E-state index in [-0.39, 0.29) is 11.4 Å². The van der Waals surface area contributed by atoms with Crippen molar-refractivity contribution < 1.29 is 4.79 Å². The lowest BCUT2D eigenvalue weighted by Gasteiger charge is -2.25. The summed E-state index contributed by atoms with van der Waals surface area (Å²) in [6.07, 6.45) is 7.09. The maximum atomic E-state index is 11.6. The minimum atomic E-state index is -0.0525. The summed E-state index contributed by atoms with van der Waals surface area (Å²) >= 11 is 0. The molecule has 1 amide bonds. The van der Waals surface area contributed by atoms with Gasteiger partial charge in [-0.15, -0.1) is 0 Å². The van der Waals surface area contributed by atoms with Crippen LogP contribution in [-0.4, -0.2) is 18.0 Å². The number of carbonyl (C=O) groups excluding carboxylic acids is 1. The summed E-state index contributed by atoms with van der Waals surface area (Å²) in [5.74, 6) is 0.186. The molecule has 0 aromatic carbocycles. The van der Waals surface area contributed by atoms with Crippen LogP contribution in [0, 0.1) is 0 Å². The molecular weight excluding hydrogens is 200 g/mol. The first-order valence-corrected chi connectivity index (χ1v) is 6.53. The average Bonchev–Trinajstić information content (AvgIpc) is 2.16. The zero-order valence-corrected chi connectivity index (χ0v) is 11.1. The van der Waals surface area contributed by atoms with Crippen molar-refractivity contribution in [2.75, 3.05) is 6.54 Å². The maximum absolute atomic E-state index is 11.6. The van der Waals surface area contributed by atoms with Gasteiger partial charge < -0.3 is 11.1 Å². The van der Waals surface area contributed by atoms with Gasteiger partial charge >= 0.3 is 0 Å². The van der Waals surface area contributed by atoms with Crippen LogP contribution in [0.1, 0.15) is 65.7 Å². The molecule has 0 bridgehead atoms. The minimum absolute atomic E-state index is 0.0525. The first kappa shape index (κ1) is 15.4. The Hall–Kier alpha value is -0.570. The molecule has 0 radical (unpaired) electrons. The number of rotatable bonds is 9. The highest BCUT2D eigenvalue weighted by molar-refractivity contribution is 5.76. The highest BCUT2D eigenvalue weighted by atomic mass is 16.1. The van der Waals surface area contributed by atoms with E-state index in [0.717, 1.165) is 45.1 Å². The Kier molecular flexibility index (Phi) is 8.26. The van der Waals surface area contributed by atoms with Crippen molar-refractivity contribution in [3.8, 4) is 0 Å². The molecule has 96 valence electrons. The van der Waals surface area contributed by atoms with Crippen LogP contribution in [-0.2, 0) is 4.79 Å². The Bertz CT molecular complexity index is 190. The van der Waals surface area contributed by atoms with Crippen LogP contribution in [0.25, 0.3) is 0 Å². The molecule has 0 unspecified atom stereocenters. The minimum Gasteiger partial charge on any atom is -0.351 e. The third-order valence-electron chi connectivity index (χ3n) is 2.71. The van der Waals surface area contributed by atoms with Gasteiger partial charge in [0.1, 0.15) is 0 Å². The largest absolute Gasteiger partial charge is 0.351 e. The van der Waals surface area contributed by atoms with Crippen LogP contribution >= 0.6 is 0 Å². The molecular formula is C13H28N2O. The van der Waals surface area contributed by atoms with E-state index in [1.54, 1.807) is 0 Å². The van der Waals surface area contributed by atoms with Crippen molar-refractivity contribution >= 4 is 5.91 Å². The lowest BCUT2D eigenvalue weighted by molar-refractivity contribution is -0.122. The van der Waals surface area contributed by atoms with Crippen molar-refractivity contribution in [2.24, 2.45) is 5.73 Å². The van der Waals surface area contributed by atoms with Gasteiger partial charge in [0.25, 0.3) is 0 Å². The van der Waals surface area contributed by atoms with Gasteiger partial charge in [0.05, 0.1) is 0 Å².